The fourth-order valence-corrected chi connectivity index (χ4v) is 1.62. The molecule has 82 valence electrons. The number of β-amino-alcohol motifs (C(OH)–C–C–N with tert-alkyl or cyclic N) is 1. The number of carbonyl (C=O) groups is 1. The molecule has 1 fully saturated rings. The summed E-state index contributed by atoms with van der Waals surface area (Å²) >= 11 is 0. The van der Waals surface area contributed by atoms with E-state index in [2.05, 4.69) is 0 Å². The van der Waals surface area contributed by atoms with Gasteiger partial charge >= 0.3 is 0 Å². The standard InChI is InChI=1S/C11H21NO2/c1-5-11(14)6-12(7-11)10(13)9(4)8(2)3/h8-9,14H,5-7H2,1-4H3. The van der Waals surface area contributed by atoms with Crippen LogP contribution in [-0.2, 0) is 4.79 Å². The second-order valence-electron chi connectivity index (χ2n) is 4.80. The van der Waals surface area contributed by atoms with Crippen LogP contribution in [0.3, 0.4) is 0 Å². The van der Waals surface area contributed by atoms with E-state index >= 15 is 0 Å². The molecular formula is C11H21NO2. The highest BCUT2D eigenvalue weighted by Crippen LogP contribution is 2.26. The maximum Gasteiger partial charge on any atom is 0.225 e. The first-order chi connectivity index (χ1) is 6.39. The monoisotopic (exact) mass is 199 g/mol. The van der Waals surface area contributed by atoms with Gasteiger partial charge in [-0.25, -0.2) is 0 Å². The van der Waals surface area contributed by atoms with Crippen LogP contribution in [0.4, 0.5) is 0 Å². The Hall–Kier alpha value is -0.570. The smallest absolute Gasteiger partial charge is 0.225 e. The van der Waals surface area contributed by atoms with Gasteiger partial charge in [-0.2, -0.15) is 0 Å². The second kappa shape index (κ2) is 3.89. The number of carbonyl (C=O) groups excluding carboxylic acids is 1. The van der Waals surface area contributed by atoms with Gasteiger partial charge in [0.25, 0.3) is 0 Å². The van der Waals surface area contributed by atoms with Crippen molar-refractivity contribution in [1.29, 1.82) is 0 Å². The van der Waals surface area contributed by atoms with Crippen LogP contribution in [0.15, 0.2) is 0 Å². The van der Waals surface area contributed by atoms with Gasteiger partial charge in [0.05, 0.1) is 18.7 Å². The lowest BCUT2D eigenvalue weighted by molar-refractivity contribution is -0.160. The molecule has 0 aromatic carbocycles. The van der Waals surface area contributed by atoms with Crippen molar-refractivity contribution in [2.45, 2.75) is 39.7 Å². The van der Waals surface area contributed by atoms with E-state index in [4.69, 9.17) is 0 Å². The van der Waals surface area contributed by atoms with Crippen LogP contribution in [0.1, 0.15) is 34.1 Å². The van der Waals surface area contributed by atoms with Gasteiger partial charge in [-0.15, -0.1) is 0 Å². The number of hydrogen-bond donors (Lipinski definition) is 1. The molecule has 0 saturated carbocycles. The van der Waals surface area contributed by atoms with Crippen LogP contribution in [0.2, 0.25) is 0 Å². The average Bonchev–Trinajstić information content (AvgIpc) is 2.10. The summed E-state index contributed by atoms with van der Waals surface area (Å²) in [6, 6.07) is 0. The molecule has 1 aliphatic rings. The first-order valence-electron chi connectivity index (χ1n) is 5.41. The van der Waals surface area contributed by atoms with Gasteiger partial charge in [0.2, 0.25) is 5.91 Å². The van der Waals surface area contributed by atoms with Gasteiger partial charge in [-0.1, -0.05) is 27.7 Å². The Bertz CT molecular complexity index is 219. The van der Waals surface area contributed by atoms with Gasteiger partial charge in [0.15, 0.2) is 0 Å². The topological polar surface area (TPSA) is 40.5 Å². The highest BCUT2D eigenvalue weighted by molar-refractivity contribution is 5.79. The minimum atomic E-state index is -0.605. The Labute approximate surface area is 86.1 Å². The lowest BCUT2D eigenvalue weighted by atomic mass is 9.88. The molecule has 3 heteroatoms. The minimum absolute atomic E-state index is 0.0661. The first-order valence-corrected chi connectivity index (χ1v) is 5.41. The van der Waals surface area contributed by atoms with Crippen molar-refractivity contribution in [3.8, 4) is 0 Å². The molecule has 1 amide bonds. The molecule has 3 nitrogen and oxygen atoms in total. The molecule has 0 aromatic heterocycles. The van der Waals surface area contributed by atoms with Crippen molar-refractivity contribution in [3.05, 3.63) is 0 Å². The number of amides is 1. The van der Waals surface area contributed by atoms with E-state index in [-0.39, 0.29) is 11.8 Å². The third-order valence-corrected chi connectivity index (χ3v) is 3.33. The summed E-state index contributed by atoms with van der Waals surface area (Å²) in [4.78, 5) is 13.5. The van der Waals surface area contributed by atoms with Crippen molar-refractivity contribution >= 4 is 5.91 Å². The SMILES string of the molecule is CCC1(O)CN(C(=O)C(C)C(C)C)C1. The van der Waals surface area contributed by atoms with Crippen molar-refractivity contribution in [2.24, 2.45) is 11.8 Å². The fraction of sp³-hybridized carbons (Fsp3) is 0.909. The van der Waals surface area contributed by atoms with Crippen LogP contribution in [0.25, 0.3) is 0 Å². The zero-order chi connectivity index (χ0) is 10.9. The van der Waals surface area contributed by atoms with Crippen molar-refractivity contribution in [1.82, 2.24) is 4.90 Å². The molecule has 1 unspecified atom stereocenters. The molecular weight excluding hydrogens is 178 g/mol. The number of rotatable bonds is 3. The molecule has 1 N–H and O–H groups in total. The summed E-state index contributed by atoms with van der Waals surface area (Å²) in [5, 5.41) is 9.76. The highest BCUT2D eigenvalue weighted by Gasteiger charge is 2.43. The molecule has 0 aliphatic carbocycles. The summed E-state index contributed by atoms with van der Waals surface area (Å²) in [5.74, 6) is 0.618. The molecule has 0 radical (unpaired) electrons. The lowest BCUT2D eigenvalue weighted by Gasteiger charge is -2.47. The van der Waals surface area contributed by atoms with Crippen LogP contribution in [-0.4, -0.2) is 34.6 Å². The summed E-state index contributed by atoms with van der Waals surface area (Å²) in [5.41, 5.74) is -0.605. The number of likely N-dealkylation sites (tertiary alicyclic amines) is 1. The van der Waals surface area contributed by atoms with Gasteiger partial charge < -0.3 is 10.0 Å². The average molecular weight is 199 g/mol. The van der Waals surface area contributed by atoms with Gasteiger partial charge in [-0.05, 0) is 12.3 Å². The predicted molar refractivity (Wildman–Crippen MR) is 55.8 cm³/mol. The molecule has 1 atom stereocenters. The molecule has 1 rings (SSSR count). The van der Waals surface area contributed by atoms with Crippen molar-refractivity contribution < 1.29 is 9.90 Å². The van der Waals surface area contributed by atoms with E-state index in [1.165, 1.54) is 0 Å². The molecule has 1 saturated heterocycles. The molecule has 1 aliphatic heterocycles. The highest BCUT2D eigenvalue weighted by atomic mass is 16.3. The minimum Gasteiger partial charge on any atom is -0.386 e. The fourth-order valence-electron chi connectivity index (χ4n) is 1.62. The number of aliphatic hydroxyl groups is 1. The van der Waals surface area contributed by atoms with E-state index < -0.39 is 5.60 Å². The van der Waals surface area contributed by atoms with Crippen LogP contribution >= 0.6 is 0 Å². The van der Waals surface area contributed by atoms with E-state index in [0.29, 0.717) is 19.0 Å². The van der Waals surface area contributed by atoms with E-state index in [1.807, 2.05) is 27.7 Å². The number of nitrogens with zero attached hydrogens (tertiary/aromatic N) is 1. The largest absolute Gasteiger partial charge is 0.386 e. The zero-order valence-corrected chi connectivity index (χ0v) is 9.58. The molecule has 0 spiro atoms. The van der Waals surface area contributed by atoms with E-state index in [9.17, 15) is 9.90 Å². The molecule has 0 aromatic rings. The van der Waals surface area contributed by atoms with E-state index in [0.717, 1.165) is 6.42 Å². The quantitative estimate of drug-likeness (QED) is 0.743. The predicted octanol–water partition coefficient (Wildman–Crippen LogP) is 1.26. The summed E-state index contributed by atoms with van der Waals surface area (Å²) in [6.07, 6.45) is 0.729. The van der Waals surface area contributed by atoms with Crippen molar-refractivity contribution in [2.75, 3.05) is 13.1 Å². The van der Waals surface area contributed by atoms with Gasteiger partial charge in [-0.3, -0.25) is 4.79 Å². The van der Waals surface area contributed by atoms with Crippen LogP contribution < -0.4 is 0 Å². The Morgan fingerprint density at radius 2 is 1.93 bits per heavy atom. The first kappa shape index (κ1) is 11.5. The van der Waals surface area contributed by atoms with E-state index in [1.54, 1.807) is 4.90 Å². The Balaban J connectivity index is 2.44. The maximum atomic E-state index is 11.8. The van der Waals surface area contributed by atoms with Gasteiger partial charge in [0.1, 0.15) is 0 Å². The van der Waals surface area contributed by atoms with Crippen LogP contribution in [0, 0.1) is 11.8 Å². The molecule has 1 heterocycles. The van der Waals surface area contributed by atoms with Crippen LogP contribution in [0.5, 0.6) is 0 Å². The second-order valence-corrected chi connectivity index (χ2v) is 4.80. The third kappa shape index (κ3) is 2.08. The number of hydrogen-bond acceptors (Lipinski definition) is 2. The Kier molecular flexibility index (Phi) is 3.20. The maximum absolute atomic E-state index is 11.8. The lowest BCUT2D eigenvalue weighted by Crippen LogP contribution is -2.64. The van der Waals surface area contributed by atoms with Crippen molar-refractivity contribution in [3.63, 3.8) is 0 Å². The molecule has 0 bridgehead atoms. The van der Waals surface area contributed by atoms with Gasteiger partial charge in [0, 0.05) is 5.92 Å². The normalized spacial score (nSPS) is 22.0. The summed E-state index contributed by atoms with van der Waals surface area (Å²) in [7, 11) is 0. The Morgan fingerprint density at radius 1 is 1.43 bits per heavy atom. The third-order valence-electron chi connectivity index (χ3n) is 3.33. The summed E-state index contributed by atoms with van der Waals surface area (Å²) < 4.78 is 0. The summed E-state index contributed by atoms with van der Waals surface area (Å²) in [6.45, 7) is 9.03. The molecule has 14 heavy (non-hydrogen) atoms. The Morgan fingerprint density at radius 3 is 2.29 bits per heavy atom. The zero-order valence-electron chi connectivity index (χ0n) is 9.58.